The van der Waals surface area contributed by atoms with Gasteiger partial charge in [-0.1, -0.05) is 66.7 Å². The van der Waals surface area contributed by atoms with E-state index in [4.69, 9.17) is 0 Å². The van der Waals surface area contributed by atoms with E-state index in [0.717, 1.165) is 44.8 Å². The monoisotopic (exact) mass is 336 g/mol. The number of aryl methyl sites for hydroxylation is 1. The maximum atomic E-state index is 13.0. The van der Waals surface area contributed by atoms with Gasteiger partial charge in [0.1, 0.15) is 5.71 Å². The molecule has 1 aliphatic carbocycles. The Morgan fingerprint density at radius 1 is 0.769 bits per heavy atom. The minimum absolute atomic E-state index is 0.0685. The van der Waals surface area contributed by atoms with Crippen molar-refractivity contribution in [3.63, 3.8) is 0 Å². The standard InChI is InChI=1S/C23H16N2O/c1-14-11-12-18-21-19(14)13-20(15-7-3-2-4-8-15)24-25-22(21)16-9-5-6-10-17(16)23(18)26/h2-12H,13H2,1H3. The van der Waals surface area contributed by atoms with Crippen LogP contribution in [0.15, 0.2) is 76.9 Å². The Morgan fingerprint density at radius 3 is 2.31 bits per heavy atom. The summed E-state index contributed by atoms with van der Waals surface area (Å²) in [6, 6.07) is 21.8. The van der Waals surface area contributed by atoms with Gasteiger partial charge in [0.25, 0.3) is 0 Å². The molecule has 0 N–H and O–H groups in total. The molecule has 3 aromatic rings. The number of nitrogens with zero attached hydrogens (tertiary/aromatic N) is 2. The number of carbonyl (C=O) groups is 1. The fourth-order valence-electron chi connectivity index (χ4n) is 3.81. The second kappa shape index (κ2) is 5.60. The van der Waals surface area contributed by atoms with Gasteiger partial charge in [-0.25, -0.2) is 0 Å². The summed E-state index contributed by atoms with van der Waals surface area (Å²) in [5.74, 6) is 0.0685. The van der Waals surface area contributed by atoms with Crippen LogP contribution in [0.2, 0.25) is 0 Å². The summed E-state index contributed by atoms with van der Waals surface area (Å²) in [7, 11) is 0. The molecule has 0 amide bonds. The van der Waals surface area contributed by atoms with Crippen LogP contribution < -0.4 is 0 Å². The number of benzene rings is 3. The molecule has 3 nitrogen and oxygen atoms in total. The first-order chi connectivity index (χ1) is 12.7. The fraction of sp³-hybridized carbons (Fsp3) is 0.0870. The lowest BCUT2D eigenvalue weighted by molar-refractivity contribution is 0.103. The van der Waals surface area contributed by atoms with E-state index in [1.54, 1.807) is 0 Å². The van der Waals surface area contributed by atoms with E-state index in [9.17, 15) is 4.79 Å². The highest BCUT2D eigenvalue weighted by Gasteiger charge is 2.32. The van der Waals surface area contributed by atoms with E-state index in [0.29, 0.717) is 12.0 Å². The first-order valence-corrected chi connectivity index (χ1v) is 8.71. The van der Waals surface area contributed by atoms with Gasteiger partial charge in [-0.2, -0.15) is 5.10 Å². The van der Waals surface area contributed by atoms with Crippen molar-refractivity contribution >= 4 is 17.2 Å². The summed E-state index contributed by atoms with van der Waals surface area (Å²) < 4.78 is 0. The molecule has 26 heavy (non-hydrogen) atoms. The number of ketones is 1. The smallest absolute Gasteiger partial charge is 0.194 e. The highest BCUT2D eigenvalue weighted by molar-refractivity contribution is 6.31. The Labute approximate surface area is 151 Å². The molecule has 3 aromatic carbocycles. The molecule has 1 aliphatic heterocycles. The summed E-state index contributed by atoms with van der Waals surface area (Å²) in [6.07, 6.45) is 0.668. The van der Waals surface area contributed by atoms with Crippen LogP contribution in [0.5, 0.6) is 0 Å². The van der Waals surface area contributed by atoms with Crippen molar-refractivity contribution < 1.29 is 4.79 Å². The zero-order valence-corrected chi connectivity index (χ0v) is 14.4. The van der Waals surface area contributed by atoms with Crippen LogP contribution in [0.25, 0.3) is 0 Å². The predicted octanol–water partition coefficient (Wildman–Crippen LogP) is 4.34. The van der Waals surface area contributed by atoms with Gasteiger partial charge in [0.05, 0.1) is 5.71 Å². The van der Waals surface area contributed by atoms with E-state index >= 15 is 0 Å². The molecule has 3 heteroatoms. The summed E-state index contributed by atoms with van der Waals surface area (Å²) in [6.45, 7) is 2.09. The van der Waals surface area contributed by atoms with E-state index in [2.05, 4.69) is 29.3 Å². The molecule has 0 unspecified atom stereocenters. The van der Waals surface area contributed by atoms with Gasteiger partial charge in [-0.15, -0.1) is 5.10 Å². The van der Waals surface area contributed by atoms with E-state index in [-0.39, 0.29) is 5.78 Å². The van der Waals surface area contributed by atoms with Crippen molar-refractivity contribution in [2.24, 2.45) is 10.2 Å². The summed E-state index contributed by atoms with van der Waals surface area (Å²) in [5, 5.41) is 9.22. The first kappa shape index (κ1) is 15.0. The Hall–Kier alpha value is -3.33. The lowest BCUT2D eigenvalue weighted by Gasteiger charge is -2.22. The van der Waals surface area contributed by atoms with E-state index < -0.39 is 0 Å². The molecule has 0 bridgehead atoms. The second-order valence-corrected chi connectivity index (χ2v) is 6.70. The molecule has 2 aliphatic rings. The van der Waals surface area contributed by atoms with Crippen LogP contribution in [-0.2, 0) is 6.42 Å². The largest absolute Gasteiger partial charge is 0.289 e. The Morgan fingerprint density at radius 2 is 1.50 bits per heavy atom. The Balaban J connectivity index is 1.82. The molecule has 0 radical (unpaired) electrons. The molecular weight excluding hydrogens is 320 g/mol. The number of carbonyl (C=O) groups excluding carboxylic acids is 1. The zero-order valence-electron chi connectivity index (χ0n) is 14.4. The van der Waals surface area contributed by atoms with Gasteiger partial charge in [-0.3, -0.25) is 4.79 Å². The average molecular weight is 336 g/mol. The van der Waals surface area contributed by atoms with E-state index in [1.807, 2.05) is 54.6 Å². The lowest BCUT2D eigenvalue weighted by Crippen LogP contribution is -2.23. The molecule has 0 fully saturated rings. The maximum absolute atomic E-state index is 13.0. The van der Waals surface area contributed by atoms with Crippen molar-refractivity contribution in [1.82, 2.24) is 0 Å². The molecule has 0 saturated carbocycles. The molecule has 0 atom stereocenters. The Kier molecular flexibility index (Phi) is 3.22. The highest BCUT2D eigenvalue weighted by Crippen LogP contribution is 2.33. The first-order valence-electron chi connectivity index (χ1n) is 8.71. The van der Waals surface area contributed by atoms with Crippen LogP contribution >= 0.6 is 0 Å². The predicted molar refractivity (Wildman–Crippen MR) is 103 cm³/mol. The van der Waals surface area contributed by atoms with Gasteiger partial charge in [0.15, 0.2) is 5.78 Å². The summed E-state index contributed by atoms with van der Waals surface area (Å²) in [5.41, 5.74) is 8.34. The van der Waals surface area contributed by atoms with Crippen LogP contribution in [-0.4, -0.2) is 17.2 Å². The maximum Gasteiger partial charge on any atom is 0.194 e. The highest BCUT2D eigenvalue weighted by atomic mass is 16.1. The molecule has 5 rings (SSSR count). The molecule has 0 aromatic heterocycles. The number of fused-ring (bicyclic) bond motifs is 2. The number of rotatable bonds is 1. The fourth-order valence-corrected chi connectivity index (χ4v) is 3.81. The minimum atomic E-state index is 0.0685. The minimum Gasteiger partial charge on any atom is -0.289 e. The van der Waals surface area contributed by atoms with Crippen LogP contribution in [0.4, 0.5) is 0 Å². The van der Waals surface area contributed by atoms with E-state index in [1.165, 1.54) is 0 Å². The molecule has 0 spiro atoms. The molecule has 124 valence electrons. The Bertz CT molecular complexity index is 1120. The van der Waals surface area contributed by atoms with Crippen LogP contribution in [0, 0.1) is 6.92 Å². The quantitative estimate of drug-likeness (QED) is 0.510. The number of hydrogen-bond donors (Lipinski definition) is 0. The van der Waals surface area contributed by atoms with Crippen molar-refractivity contribution in [3.8, 4) is 0 Å². The van der Waals surface area contributed by atoms with Crippen molar-refractivity contribution in [3.05, 3.63) is 106 Å². The second-order valence-electron chi connectivity index (χ2n) is 6.70. The SMILES string of the molecule is Cc1ccc2c3c1CC(c1ccccc1)=NN=C3c1ccccc1C2=O. The van der Waals surface area contributed by atoms with Gasteiger partial charge in [-0.05, 0) is 23.6 Å². The van der Waals surface area contributed by atoms with Gasteiger partial charge in [0, 0.05) is 28.7 Å². The van der Waals surface area contributed by atoms with Crippen LogP contribution in [0.1, 0.15) is 43.7 Å². The topological polar surface area (TPSA) is 41.8 Å². The third-order valence-electron chi connectivity index (χ3n) is 5.18. The normalized spacial score (nSPS) is 14.7. The lowest BCUT2D eigenvalue weighted by atomic mass is 9.79. The summed E-state index contributed by atoms with van der Waals surface area (Å²) >= 11 is 0. The third-order valence-corrected chi connectivity index (χ3v) is 5.18. The van der Waals surface area contributed by atoms with Gasteiger partial charge >= 0.3 is 0 Å². The average Bonchev–Trinajstić information content (AvgIpc) is 2.89. The van der Waals surface area contributed by atoms with Crippen molar-refractivity contribution in [2.45, 2.75) is 13.3 Å². The zero-order chi connectivity index (χ0) is 17.7. The molecule has 0 saturated heterocycles. The van der Waals surface area contributed by atoms with Crippen LogP contribution in [0.3, 0.4) is 0 Å². The van der Waals surface area contributed by atoms with Crippen molar-refractivity contribution in [1.29, 1.82) is 0 Å². The van der Waals surface area contributed by atoms with Gasteiger partial charge < -0.3 is 0 Å². The number of hydrogen-bond acceptors (Lipinski definition) is 3. The summed E-state index contributed by atoms with van der Waals surface area (Å²) in [4.78, 5) is 13.0. The van der Waals surface area contributed by atoms with Gasteiger partial charge in [0.2, 0.25) is 0 Å². The van der Waals surface area contributed by atoms with Crippen molar-refractivity contribution in [2.75, 3.05) is 0 Å². The molecular formula is C23H16N2O. The third kappa shape index (κ3) is 2.10. The molecule has 1 heterocycles.